The van der Waals surface area contributed by atoms with Crippen molar-refractivity contribution in [2.24, 2.45) is 5.10 Å². The number of anilines is 1. The zero-order valence-corrected chi connectivity index (χ0v) is 22.9. The van der Waals surface area contributed by atoms with Crippen LogP contribution in [0.5, 0.6) is 17.2 Å². The molecular weight excluding hydrogens is 552 g/mol. The van der Waals surface area contributed by atoms with Gasteiger partial charge in [-0.3, -0.25) is 19.2 Å². The smallest absolute Gasteiger partial charge is 0.273 e. The van der Waals surface area contributed by atoms with Crippen LogP contribution in [0.2, 0.25) is 5.02 Å². The Bertz CT molecular complexity index is 1530. The monoisotopic (exact) mass is 576 g/mol. The first-order valence-electron chi connectivity index (χ1n) is 11.2. The second-order valence-electron chi connectivity index (χ2n) is 7.94. The first-order chi connectivity index (χ1) is 18.5. The lowest BCUT2D eigenvalue weighted by Gasteiger charge is -2.25. The molecule has 3 aromatic rings. The molecule has 0 saturated carbocycles. The molecule has 12 nitrogen and oxygen atoms in total. The van der Waals surface area contributed by atoms with E-state index in [4.69, 9.17) is 25.8 Å². The van der Waals surface area contributed by atoms with Crippen molar-refractivity contribution in [1.82, 2.24) is 5.43 Å². The number of nitrogens with zero attached hydrogens (tertiary/aromatic N) is 3. The second-order valence-corrected chi connectivity index (χ2v) is 10.2. The number of hydrogen-bond donors (Lipinski definition) is 1. The summed E-state index contributed by atoms with van der Waals surface area (Å²) < 4.78 is 43.9. The standard InChI is InChI=1S/C25H25ClN4O8S/c1-16-5-8-19(13-20(16)30(32)33)39(34,35)29(21-12-18(26)7-10-22(21)36-2)15-25(31)28-27-14-17-6-9-23(37-3)24(11-17)38-4/h5-14H,15H2,1-4H3,(H,28,31)/b27-14-. The molecule has 3 aromatic carbocycles. The number of carbonyl (C=O) groups excluding carboxylic acids is 1. The van der Waals surface area contributed by atoms with Crippen molar-refractivity contribution < 1.29 is 32.3 Å². The van der Waals surface area contributed by atoms with Gasteiger partial charge in [-0.2, -0.15) is 5.10 Å². The van der Waals surface area contributed by atoms with Crippen molar-refractivity contribution in [1.29, 1.82) is 0 Å². The van der Waals surface area contributed by atoms with Crippen LogP contribution in [0.25, 0.3) is 0 Å². The molecule has 0 fully saturated rings. The van der Waals surface area contributed by atoms with Crippen LogP contribution in [0.1, 0.15) is 11.1 Å². The largest absolute Gasteiger partial charge is 0.495 e. The highest BCUT2D eigenvalue weighted by Crippen LogP contribution is 2.35. The third-order valence-corrected chi connectivity index (χ3v) is 7.46. The van der Waals surface area contributed by atoms with Crippen LogP contribution in [0, 0.1) is 17.0 Å². The first-order valence-corrected chi connectivity index (χ1v) is 13.0. The zero-order valence-electron chi connectivity index (χ0n) is 21.4. The van der Waals surface area contributed by atoms with E-state index in [1.54, 1.807) is 18.2 Å². The number of hydrogen-bond acceptors (Lipinski definition) is 9. The molecule has 0 saturated heterocycles. The minimum Gasteiger partial charge on any atom is -0.495 e. The number of hydrazone groups is 1. The number of rotatable bonds is 11. The molecule has 0 heterocycles. The molecule has 0 unspecified atom stereocenters. The summed E-state index contributed by atoms with van der Waals surface area (Å²) in [5.41, 5.74) is 2.68. The molecule has 0 bridgehead atoms. The van der Waals surface area contributed by atoms with E-state index in [-0.39, 0.29) is 22.0 Å². The molecule has 1 amide bonds. The molecule has 0 radical (unpaired) electrons. The van der Waals surface area contributed by atoms with Crippen molar-refractivity contribution in [2.75, 3.05) is 32.2 Å². The van der Waals surface area contributed by atoms with Gasteiger partial charge in [0.15, 0.2) is 11.5 Å². The fourth-order valence-corrected chi connectivity index (χ4v) is 5.12. The summed E-state index contributed by atoms with van der Waals surface area (Å²) in [5, 5.41) is 15.5. The van der Waals surface area contributed by atoms with E-state index in [1.807, 2.05) is 0 Å². The molecule has 0 aromatic heterocycles. The highest BCUT2D eigenvalue weighted by atomic mass is 35.5. The van der Waals surface area contributed by atoms with E-state index >= 15 is 0 Å². The van der Waals surface area contributed by atoms with Crippen LogP contribution in [-0.4, -0.2) is 53.3 Å². The van der Waals surface area contributed by atoms with Gasteiger partial charge in [-0.1, -0.05) is 17.7 Å². The number of nitro benzene ring substituents is 1. The van der Waals surface area contributed by atoms with Crippen LogP contribution in [0.15, 0.2) is 64.6 Å². The van der Waals surface area contributed by atoms with Crippen molar-refractivity contribution in [3.63, 3.8) is 0 Å². The Kier molecular flexibility index (Phi) is 9.33. The van der Waals surface area contributed by atoms with Gasteiger partial charge in [-0.15, -0.1) is 0 Å². The number of aryl methyl sites for hydroxylation is 1. The number of nitrogens with one attached hydrogen (secondary N) is 1. The van der Waals surface area contributed by atoms with E-state index in [0.29, 0.717) is 17.1 Å². The van der Waals surface area contributed by atoms with E-state index in [1.165, 1.54) is 64.8 Å². The molecule has 0 aliphatic rings. The molecule has 39 heavy (non-hydrogen) atoms. The fourth-order valence-electron chi connectivity index (χ4n) is 3.51. The predicted molar refractivity (Wildman–Crippen MR) is 146 cm³/mol. The molecule has 206 valence electrons. The molecule has 0 aliphatic heterocycles. The number of benzene rings is 3. The Morgan fingerprint density at radius 3 is 2.33 bits per heavy atom. The normalized spacial score (nSPS) is 11.2. The Morgan fingerprint density at radius 2 is 1.69 bits per heavy atom. The summed E-state index contributed by atoms with van der Waals surface area (Å²) >= 11 is 6.13. The minimum absolute atomic E-state index is 0.0488. The average Bonchev–Trinajstić information content (AvgIpc) is 2.91. The predicted octanol–water partition coefficient (Wildman–Crippen LogP) is 3.93. The lowest BCUT2D eigenvalue weighted by molar-refractivity contribution is -0.385. The van der Waals surface area contributed by atoms with Crippen molar-refractivity contribution in [2.45, 2.75) is 11.8 Å². The SMILES string of the molecule is COc1ccc(/C=N\NC(=O)CN(c2cc(Cl)ccc2OC)S(=O)(=O)c2ccc(C)c([N+](=O)[O-])c2)cc1OC. The van der Waals surface area contributed by atoms with Gasteiger partial charge in [0.25, 0.3) is 21.6 Å². The van der Waals surface area contributed by atoms with Gasteiger partial charge < -0.3 is 14.2 Å². The lowest BCUT2D eigenvalue weighted by Crippen LogP contribution is -2.39. The molecule has 3 rings (SSSR count). The van der Waals surface area contributed by atoms with Gasteiger partial charge in [0.05, 0.1) is 43.1 Å². The Morgan fingerprint density at radius 1 is 1.03 bits per heavy atom. The summed E-state index contributed by atoms with van der Waals surface area (Å²) in [6, 6.07) is 12.6. The molecule has 1 N–H and O–H groups in total. The molecule has 0 spiro atoms. The second kappa shape index (κ2) is 12.5. The van der Waals surface area contributed by atoms with Crippen LogP contribution in [0.3, 0.4) is 0 Å². The molecule has 0 atom stereocenters. The van der Waals surface area contributed by atoms with Gasteiger partial charge in [0.1, 0.15) is 12.3 Å². The summed E-state index contributed by atoms with van der Waals surface area (Å²) in [7, 11) is -0.227. The fraction of sp³-hybridized carbons (Fsp3) is 0.200. The highest BCUT2D eigenvalue weighted by Gasteiger charge is 2.31. The van der Waals surface area contributed by atoms with Crippen LogP contribution >= 0.6 is 11.6 Å². The molecular formula is C25H25ClN4O8S. The molecule has 0 aliphatic carbocycles. The average molecular weight is 577 g/mol. The number of sulfonamides is 1. The maximum atomic E-state index is 13.7. The number of halogens is 1. The number of nitro groups is 1. The first kappa shape index (κ1) is 29.2. The van der Waals surface area contributed by atoms with Gasteiger partial charge >= 0.3 is 0 Å². The summed E-state index contributed by atoms with van der Waals surface area (Å²) in [4.78, 5) is 23.2. The number of methoxy groups -OCH3 is 3. The zero-order chi connectivity index (χ0) is 28.7. The van der Waals surface area contributed by atoms with Crippen molar-refractivity contribution in [3.05, 3.63) is 80.9 Å². The van der Waals surface area contributed by atoms with Gasteiger partial charge in [-0.25, -0.2) is 13.8 Å². The summed E-state index contributed by atoms with van der Waals surface area (Å²) in [6.45, 7) is 0.736. The summed E-state index contributed by atoms with van der Waals surface area (Å²) in [5.74, 6) is 0.252. The van der Waals surface area contributed by atoms with Crippen LogP contribution < -0.4 is 23.9 Å². The highest BCUT2D eigenvalue weighted by molar-refractivity contribution is 7.92. The Labute approximate surface area is 229 Å². The third-order valence-electron chi connectivity index (χ3n) is 5.47. The lowest BCUT2D eigenvalue weighted by atomic mass is 10.2. The van der Waals surface area contributed by atoms with Gasteiger partial charge in [-0.05, 0) is 55.0 Å². The number of amides is 1. The van der Waals surface area contributed by atoms with Crippen molar-refractivity contribution in [3.8, 4) is 17.2 Å². The Balaban J connectivity index is 1.96. The van der Waals surface area contributed by atoms with Gasteiger partial charge in [0, 0.05) is 16.7 Å². The topological polar surface area (TPSA) is 150 Å². The van der Waals surface area contributed by atoms with E-state index in [9.17, 15) is 23.3 Å². The third kappa shape index (κ3) is 6.75. The van der Waals surface area contributed by atoms with E-state index < -0.39 is 38.0 Å². The number of ether oxygens (including phenoxy) is 3. The quantitative estimate of drug-likeness (QED) is 0.205. The number of carbonyl (C=O) groups is 1. The van der Waals surface area contributed by atoms with Gasteiger partial charge in [0.2, 0.25) is 0 Å². The maximum Gasteiger partial charge on any atom is 0.273 e. The van der Waals surface area contributed by atoms with Crippen LogP contribution in [-0.2, 0) is 14.8 Å². The summed E-state index contributed by atoms with van der Waals surface area (Å²) in [6.07, 6.45) is 1.34. The maximum absolute atomic E-state index is 13.7. The van der Waals surface area contributed by atoms with Crippen LogP contribution in [0.4, 0.5) is 11.4 Å². The Hall–Kier alpha value is -4.36. The van der Waals surface area contributed by atoms with Crippen molar-refractivity contribution >= 4 is 45.1 Å². The van der Waals surface area contributed by atoms with E-state index in [2.05, 4.69) is 10.5 Å². The molecule has 14 heteroatoms. The van der Waals surface area contributed by atoms with E-state index in [0.717, 1.165) is 10.4 Å². The minimum atomic E-state index is -4.52.